The molecule has 4 aromatic rings. The van der Waals surface area contributed by atoms with Gasteiger partial charge < -0.3 is 0 Å². The molecule has 0 radical (unpaired) electrons. The second kappa shape index (κ2) is 9.43. The molecule has 178 valence electrons. The molecule has 6 rings (SSSR count). The Balaban J connectivity index is 0.00000144. The van der Waals surface area contributed by atoms with Crippen molar-refractivity contribution in [3.8, 4) is 0 Å². The Kier molecular flexibility index (Phi) is 7.01. The van der Waals surface area contributed by atoms with Crippen LogP contribution in [-0.4, -0.2) is 9.13 Å². The van der Waals surface area contributed by atoms with Gasteiger partial charge in [0, 0.05) is 0 Å². The van der Waals surface area contributed by atoms with Gasteiger partial charge in [-0.05, 0) is 0 Å². The summed E-state index contributed by atoms with van der Waals surface area (Å²) < 4.78 is 4.95. The van der Waals surface area contributed by atoms with Crippen molar-refractivity contribution in [2.45, 2.75) is 34.2 Å². The molecule has 2 aromatic carbocycles. The van der Waals surface area contributed by atoms with E-state index in [1.807, 2.05) is 0 Å². The summed E-state index contributed by atoms with van der Waals surface area (Å²) in [6, 6.07) is 22.7. The van der Waals surface area contributed by atoms with Crippen LogP contribution < -0.4 is 0 Å². The zero-order valence-corrected chi connectivity index (χ0v) is 24.5. The van der Waals surface area contributed by atoms with Gasteiger partial charge in [-0.3, -0.25) is 0 Å². The van der Waals surface area contributed by atoms with E-state index in [1.54, 1.807) is 0 Å². The fraction of sp³-hybridized carbons (Fsp3) is 0.200. The molecule has 2 heterocycles. The predicted octanol–water partition coefficient (Wildman–Crippen LogP) is 7.61. The van der Waals surface area contributed by atoms with Crippen LogP contribution in [0.1, 0.15) is 44.8 Å². The Bertz CT molecular complexity index is 1350. The topological polar surface area (TPSA) is 9.86 Å². The number of rotatable bonds is 4. The molecule has 0 spiro atoms. The zero-order valence-electron chi connectivity index (χ0n) is 20.4. The standard InChI is InChI=1S/2C15H14N.2ClH.Zr/c2*1-11-9-12(2)16(10-11)15-8-7-13-5-3-4-6-14(13)15;;;/h2*3-10H,1-2H3;2*1H;. The van der Waals surface area contributed by atoms with E-state index in [2.05, 4.69) is 134 Å². The summed E-state index contributed by atoms with van der Waals surface area (Å²) in [4.78, 5) is 0. The number of halogens is 2. The summed E-state index contributed by atoms with van der Waals surface area (Å²) in [5, 5.41) is 0. The summed E-state index contributed by atoms with van der Waals surface area (Å²) in [6.45, 7) is 8.96. The average Bonchev–Trinajstić information content (AvgIpc) is 3.54. The summed E-state index contributed by atoms with van der Waals surface area (Å²) in [5.74, 6) is 0. The Morgan fingerprint density at radius 3 is 1.37 bits per heavy atom. The van der Waals surface area contributed by atoms with Crippen LogP contribution in [-0.2, 0) is 29.7 Å². The number of hydrogen-bond donors (Lipinski definition) is 0. The van der Waals surface area contributed by atoms with E-state index in [-0.39, 0.29) is 31.3 Å². The van der Waals surface area contributed by atoms with Gasteiger partial charge in [0.15, 0.2) is 0 Å². The number of nitrogens with zero attached hydrogens (tertiary/aromatic N) is 2. The molecule has 0 aliphatic heterocycles. The van der Waals surface area contributed by atoms with E-state index in [1.165, 1.54) is 44.8 Å². The van der Waals surface area contributed by atoms with Gasteiger partial charge in [0.05, 0.1) is 0 Å². The molecular weight excluding hydrogens is 550 g/mol. The van der Waals surface area contributed by atoms with Crippen molar-refractivity contribution in [1.82, 2.24) is 9.13 Å². The molecule has 2 atom stereocenters. The van der Waals surface area contributed by atoms with E-state index in [9.17, 15) is 0 Å². The molecule has 2 nitrogen and oxygen atoms in total. The summed E-state index contributed by atoms with van der Waals surface area (Å²) in [7, 11) is 0. The van der Waals surface area contributed by atoms with E-state index < -0.39 is 23.2 Å². The number of hydrogen-bond acceptors (Lipinski definition) is 0. The molecule has 0 amide bonds. The van der Waals surface area contributed by atoms with Gasteiger partial charge in [-0.25, -0.2) is 0 Å². The van der Waals surface area contributed by atoms with E-state index in [0.717, 1.165) is 0 Å². The van der Waals surface area contributed by atoms with Crippen LogP contribution in [0.3, 0.4) is 0 Å². The largest absolute Gasteiger partial charge is 0.147 e. The van der Waals surface area contributed by atoms with Crippen LogP contribution in [0.25, 0.3) is 12.2 Å². The Morgan fingerprint density at radius 1 is 0.600 bits per heavy atom. The van der Waals surface area contributed by atoms with Crippen LogP contribution in [0.2, 0.25) is 0 Å². The third-order valence-corrected chi connectivity index (χ3v) is 12.4. The predicted molar refractivity (Wildman–Crippen MR) is 147 cm³/mol. The first-order valence-corrected chi connectivity index (χ1v) is 14.1. The maximum Gasteiger partial charge on any atom is -0.147 e. The molecule has 2 aliphatic rings. The third kappa shape index (κ3) is 3.88. The second-order valence-electron chi connectivity index (χ2n) is 9.56. The summed E-state index contributed by atoms with van der Waals surface area (Å²) in [6.07, 6.45) is 14.5. The van der Waals surface area contributed by atoms with Gasteiger partial charge in [0.1, 0.15) is 0 Å². The maximum absolute atomic E-state index is 2.58. The monoisotopic (exact) mass is 578 g/mol. The first-order valence-electron chi connectivity index (χ1n) is 11.6. The van der Waals surface area contributed by atoms with Gasteiger partial charge >= 0.3 is 209 Å². The van der Waals surface area contributed by atoms with Crippen molar-refractivity contribution in [3.63, 3.8) is 0 Å². The average molecular weight is 581 g/mol. The van der Waals surface area contributed by atoms with Gasteiger partial charge in [0.25, 0.3) is 0 Å². The van der Waals surface area contributed by atoms with Crippen molar-refractivity contribution in [3.05, 3.63) is 130 Å². The van der Waals surface area contributed by atoms with E-state index in [0.29, 0.717) is 0 Å². The number of allylic oxidation sites excluding steroid dienone is 2. The molecule has 0 saturated carbocycles. The van der Waals surface area contributed by atoms with Crippen molar-refractivity contribution in [2.75, 3.05) is 0 Å². The Labute approximate surface area is 232 Å². The fourth-order valence-electron chi connectivity index (χ4n) is 5.87. The van der Waals surface area contributed by atoms with Gasteiger partial charge in [-0.2, -0.15) is 0 Å². The Hall–Kier alpha value is -2.06. The second-order valence-corrected chi connectivity index (χ2v) is 13.9. The van der Waals surface area contributed by atoms with Crippen molar-refractivity contribution < 1.29 is 23.2 Å². The maximum atomic E-state index is 2.58. The molecule has 0 bridgehead atoms. The molecule has 0 N–H and O–H groups in total. The third-order valence-electron chi connectivity index (χ3n) is 7.19. The first kappa shape index (κ1) is 26.0. The summed E-state index contributed by atoms with van der Waals surface area (Å²) in [5.41, 5.74) is 10.9. The van der Waals surface area contributed by atoms with E-state index >= 15 is 0 Å². The first-order chi connectivity index (χ1) is 15.9. The fourth-order valence-corrected chi connectivity index (χ4v) is 11.7. The normalized spacial score (nSPS) is 21.3. The van der Waals surface area contributed by atoms with Gasteiger partial charge in [-0.1, -0.05) is 0 Å². The molecular formula is C30H30Cl2N2Zr. The molecule has 2 aromatic heterocycles. The van der Waals surface area contributed by atoms with Gasteiger partial charge in [0.2, 0.25) is 0 Å². The smallest absolute Gasteiger partial charge is 0.147 e. The number of fused-ring (bicyclic) bond motifs is 2. The molecule has 2 unspecified atom stereocenters. The number of benzene rings is 2. The van der Waals surface area contributed by atoms with Crippen LogP contribution in [0.5, 0.6) is 0 Å². The van der Waals surface area contributed by atoms with Crippen molar-refractivity contribution >= 4 is 37.0 Å². The zero-order chi connectivity index (χ0) is 22.8. The Morgan fingerprint density at radius 2 is 1.00 bits per heavy atom. The minimum Gasteiger partial charge on any atom is -0.147 e. The van der Waals surface area contributed by atoms with Crippen LogP contribution >= 0.6 is 24.8 Å². The minimum atomic E-state index is -1.34. The SMILES string of the molecule is Cc1cc(C)n([C]2([Zr][C]3(n4cc(C)cc4C)C=Cc4ccccc43)C=Cc3ccccc32)c1.Cl.Cl. The number of aromatic nitrogens is 2. The molecule has 0 fully saturated rings. The van der Waals surface area contributed by atoms with E-state index in [4.69, 9.17) is 0 Å². The van der Waals surface area contributed by atoms with Gasteiger partial charge in [-0.15, -0.1) is 24.8 Å². The van der Waals surface area contributed by atoms with Crippen LogP contribution in [0.4, 0.5) is 0 Å². The summed E-state index contributed by atoms with van der Waals surface area (Å²) >= 11 is -1.34. The van der Waals surface area contributed by atoms with Crippen molar-refractivity contribution in [2.24, 2.45) is 0 Å². The van der Waals surface area contributed by atoms with Crippen molar-refractivity contribution in [1.29, 1.82) is 0 Å². The molecule has 5 heteroatoms. The quantitative estimate of drug-likeness (QED) is 0.235. The minimum absolute atomic E-state index is 0. The van der Waals surface area contributed by atoms with Crippen LogP contribution in [0, 0.1) is 27.7 Å². The van der Waals surface area contributed by atoms with Crippen LogP contribution in [0.15, 0.2) is 85.2 Å². The molecule has 35 heavy (non-hydrogen) atoms. The molecule has 0 saturated heterocycles. The number of aryl methyl sites for hydroxylation is 4. The molecule has 2 aliphatic carbocycles.